The van der Waals surface area contributed by atoms with E-state index in [4.69, 9.17) is 5.73 Å². The smallest absolute Gasteiger partial charge is 0.0106 e. The van der Waals surface area contributed by atoms with Crippen molar-refractivity contribution in [2.24, 2.45) is 5.73 Å². The molecule has 0 aliphatic heterocycles. The first-order valence-electron chi connectivity index (χ1n) is 1.45. The topological polar surface area (TPSA) is 26.0 Å². The lowest BCUT2D eigenvalue weighted by Gasteiger charge is -1.53. The second-order valence-electron chi connectivity index (χ2n) is 0.408. The van der Waals surface area contributed by atoms with E-state index in [-0.39, 0.29) is 0 Å². The van der Waals surface area contributed by atoms with Crippen LogP contribution in [0.4, 0.5) is 0 Å². The Balaban J connectivity index is 0. The number of nitrogens with two attached hydrogens (primary N) is 1. The number of rotatable bonds is 0. The molecule has 0 aromatic rings. The Morgan fingerprint density at radius 3 is 1.60 bits per heavy atom. The highest BCUT2D eigenvalue weighted by Crippen LogP contribution is 1.20. The fourth-order valence-electron chi connectivity index (χ4n) is 0. The third kappa shape index (κ3) is 35.3. The van der Waals surface area contributed by atoms with Crippen LogP contribution >= 0.6 is 0 Å². The molecule has 0 rings (SSSR count). The zero-order valence-electron chi connectivity index (χ0n) is 3.44. The van der Waals surface area contributed by atoms with Crippen molar-refractivity contribution >= 4 is 0 Å². The molecule has 0 saturated carbocycles. The maximum Gasteiger partial charge on any atom is -0.0106 e. The molecular weight excluding hydrogens is 62.1 g/mol. The van der Waals surface area contributed by atoms with E-state index in [0.29, 0.717) is 0 Å². The lowest BCUT2D eigenvalue weighted by Crippen LogP contribution is -1.87. The number of hydrogen-bond acceptors (Lipinski definition) is 1. The Labute approximate surface area is 33.2 Å². The molecule has 2 N–H and O–H groups in total. The van der Waals surface area contributed by atoms with Gasteiger partial charge in [0.15, 0.2) is 0 Å². The highest BCUT2D eigenvalue weighted by molar-refractivity contribution is 4.47. The van der Waals surface area contributed by atoms with E-state index in [2.05, 4.69) is 12.8 Å². The van der Waals surface area contributed by atoms with E-state index in [1.54, 1.807) is 0 Å². The van der Waals surface area contributed by atoms with Crippen LogP contribution < -0.4 is 5.73 Å². The summed E-state index contributed by atoms with van der Waals surface area (Å²) in [4.78, 5) is 0. The number of hydrogen-bond donors (Lipinski definition) is 1. The highest BCUT2D eigenvalue weighted by atomic mass is 14.5. The van der Waals surface area contributed by atoms with Gasteiger partial charge in [-0.05, 0) is 6.54 Å². The maximum absolute atomic E-state index is 4.85. The first kappa shape index (κ1) is 8.82. The summed E-state index contributed by atoms with van der Waals surface area (Å²) in [5.74, 6) is 0. The van der Waals surface area contributed by atoms with Crippen LogP contribution in [-0.4, -0.2) is 6.54 Å². The van der Waals surface area contributed by atoms with Gasteiger partial charge in [0.05, 0.1) is 0 Å². The van der Waals surface area contributed by atoms with Crippen LogP contribution in [0.5, 0.6) is 0 Å². The van der Waals surface area contributed by atoms with Crippen molar-refractivity contribution in [1.82, 2.24) is 0 Å². The summed E-state index contributed by atoms with van der Waals surface area (Å²) in [6.07, 6.45) is 8.00. The molecule has 0 unspecified atom stereocenters. The van der Waals surface area contributed by atoms with Gasteiger partial charge in [0.2, 0.25) is 0 Å². The Bertz CT molecular complexity index is 14.9. The first-order valence-corrected chi connectivity index (χ1v) is 1.45. The van der Waals surface area contributed by atoms with Crippen molar-refractivity contribution in [3.8, 4) is 12.8 Å². The van der Waals surface area contributed by atoms with Gasteiger partial charge >= 0.3 is 0 Å². The molecule has 0 amide bonds. The molecule has 0 fully saturated rings. The predicted molar refractivity (Wildman–Crippen MR) is 24.6 cm³/mol. The van der Waals surface area contributed by atoms with Crippen molar-refractivity contribution in [2.75, 3.05) is 6.54 Å². The van der Waals surface area contributed by atoms with Gasteiger partial charge in [-0.2, -0.15) is 0 Å². The normalized spacial score (nSPS) is 4.00. The molecule has 30 valence electrons. The Morgan fingerprint density at radius 1 is 1.60 bits per heavy atom. The van der Waals surface area contributed by atoms with Crippen molar-refractivity contribution in [2.45, 2.75) is 6.92 Å². The maximum atomic E-state index is 4.85. The van der Waals surface area contributed by atoms with E-state index in [1.807, 2.05) is 6.92 Å². The molecule has 0 saturated heterocycles. The second kappa shape index (κ2) is 82.7. The van der Waals surface area contributed by atoms with Gasteiger partial charge in [-0.1, -0.05) is 6.92 Å². The highest BCUT2D eigenvalue weighted by Gasteiger charge is 1.32. The Kier molecular flexibility index (Phi) is 146. The SMILES string of the molecule is C#C.CCN. The van der Waals surface area contributed by atoms with Crippen LogP contribution in [0.25, 0.3) is 0 Å². The Hall–Kier alpha value is -0.480. The second-order valence-corrected chi connectivity index (χ2v) is 0.408. The fraction of sp³-hybridized carbons (Fsp3) is 0.500. The molecule has 0 aromatic heterocycles. The van der Waals surface area contributed by atoms with Crippen LogP contribution in [-0.2, 0) is 0 Å². The fourth-order valence-corrected chi connectivity index (χ4v) is 0. The lowest BCUT2D eigenvalue weighted by molar-refractivity contribution is 1.14. The molecule has 1 heteroatoms. The third-order valence-electron chi connectivity index (χ3n) is 0. The van der Waals surface area contributed by atoms with Gasteiger partial charge in [-0.15, -0.1) is 12.8 Å². The van der Waals surface area contributed by atoms with E-state index in [0.717, 1.165) is 6.54 Å². The van der Waals surface area contributed by atoms with Gasteiger partial charge in [0.25, 0.3) is 0 Å². The van der Waals surface area contributed by atoms with E-state index in [1.165, 1.54) is 0 Å². The minimum atomic E-state index is 0.750. The average molecular weight is 71.1 g/mol. The van der Waals surface area contributed by atoms with Crippen molar-refractivity contribution in [1.29, 1.82) is 0 Å². The molecule has 0 atom stereocenters. The summed E-state index contributed by atoms with van der Waals surface area (Å²) < 4.78 is 0. The lowest BCUT2D eigenvalue weighted by atomic mass is 10.8. The zero-order valence-corrected chi connectivity index (χ0v) is 3.44. The molecule has 0 heterocycles. The molecule has 0 aliphatic carbocycles. The molecule has 0 radical (unpaired) electrons. The van der Waals surface area contributed by atoms with Gasteiger partial charge in [-0.25, -0.2) is 0 Å². The van der Waals surface area contributed by atoms with Gasteiger partial charge in [-0.3, -0.25) is 0 Å². The quantitative estimate of drug-likeness (QED) is 0.406. The molecule has 1 nitrogen and oxygen atoms in total. The van der Waals surface area contributed by atoms with Gasteiger partial charge in [0.1, 0.15) is 0 Å². The summed E-state index contributed by atoms with van der Waals surface area (Å²) in [6, 6.07) is 0. The summed E-state index contributed by atoms with van der Waals surface area (Å²) in [7, 11) is 0. The molecule has 0 bridgehead atoms. The monoisotopic (exact) mass is 71.1 g/mol. The molecule has 0 spiro atoms. The minimum absolute atomic E-state index is 0.750. The van der Waals surface area contributed by atoms with Gasteiger partial charge < -0.3 is 5.73 Å². The van der Waals surface area contributed by atoms with E-state index in [9.17, 15) is 0 Å². The molecule has 0 aliphatic rings. The zero-order chi connectivity index (χ0) is 4.71. The van der Waals surface area contributed by atoms with Crippen molar-refractivity contribution in [3.05, 3.63) is 0 Å². The first-order chi connectivity index (χ1) is 2.41. The Morgan fingerprint density at radius 2 is 1.60 bits per heavy atom. The largest absolute Gasteiger partial charge is 0.331 e. The van der Waals surface area contributed by atoms with Crippen LogP contribution in [0.1, 0.15) is 6.92 Å². The predicted octanol–water partition coefficient (Wildman–Crippen LogP) is 0.214. The van der Waals surface area contributed by atoms with Crippen molar-refractivity contribution in [3.63, 3.8) is 0 Å². The third-order valence-corrected chi connectivity index (χ3v) is 0. The van der Waals surface area contributed by atoms with E-state index < -0.39 is 0 Å². The summed E-state index contributed by atoms with van der Waals surface area (Å²) in [5.41, 5.74) is 4.85. The minimum Gasteiger partial charge on any atom is -0.331 e. The molecule has 5 heavy (non-hydrogen) atoms. The molecular formula is C4H9N. The van der Waals surface area contributed by atoms with Crippen LogP contribution in [0.2, 0.25) is 0 Å². The standard InChI is InChI=1S/C2H7N.C2H2/c1-2-3;1-2/h2-3H2,1H3;1-2H. The summed E-state index contributed by atoms with van der Waals surface area (Å²) >= 11 is 0. The van der Waals surface area contributed by atoms with Gasteiger partial charge in [0, 0.05) is 0 Å². The molecule has 0 aromatic carbocycles. The van der Waals surface area contributed by atoms with Crippen LogP contribution in [0, 0.1) is 12.8 Å². The summed E-state index contributed by atoms with van der Waals surface area (Å²) in [6.45, 7) is 2.65. The van der Waals surface area contributed by atoms with Crippen LogP contribution in [0.15, 0.2) is 0 Å². The van der Waals surface area contributed by atoms with E-state index >= 15 is 0 Å². The van der Waals surface area contributed by atoms with Crippen molar-refractivity contribution < 1.29 is 0 Å². The average Bonchev–Trinajstić information content (AvgIpc) is 1.46. The summed E-state index contributed by atoms with van der Waals surface area (Å²) in [5, 5.41) is 0. The van der Waals surface area contributed by atoms with Crippen LogP contribution in [0.3, 0.4) is 0 Å². The number of terminal acetylenes is 1.